The molecule has 2 aromatic rings. The highest BCUT2D eigenvalue weighted by atomic mass is 35.5. The van der Waals surface area contributed by atoms with Crippen LogP contribution in [0.2, 0.25) is 5.02 Å². The Balaban J connectivity index is 2.25. The van der Waals surface area contributed by atoms with Crippen molar-refractivity contribution in [2.75, 3.05) is 23.9 Å². The highest BCUT2D eigenvalue weighted by Gasteiger charge is 2.20. The molecule has 0 spiro atoms. The lowest BCUT2D eigenvalue weighted by Crippen LogP contribution is -2.37. The molecule has 0 aromatic heterocycles. The van der Waals surface area contributed by atoms with Gasteiger partial charge in [0.05, 0.1) is 12.8 Å². The third-order valence-corrected chi connectivity index (χ3v) is 4.20. The Hall–Kier alpha value is -2.53. The van der Waals surface area contributed by atoms with E-state index in [-0.39, 0.29) is 24.3 Å². The zero-order valence-electron chi connectivity index (χ0n) is 15.4. The average molecular weight is 375 g/mol. The summed E-state index contributed by atoms with van der Waals surface area (Å²) in [6.45, 7) is 5.45. The van der Waals surface area contributed by atoms with Crippen molar-refractivity contribution in [3.63, 3.8) is 0 Å². The van der Waals surface area contributed by atoms with Gasteiger partial charge in [-0.1, -0.05) is 43.6 Å². The zero-order chi connectivity index (χ0) is 19.3. The second-order valence-electron chi connectivity index (χ2n) is 6.21. The molecular weight excluding hydrogens is 352 g/mol. The molecule has 0 aliphatic rings. The van der Waals surface area contributed by atoms with E-state index in [4.69, 9.17) is 16.3 Å². The Morgan fingerprint density at radius 3 is 2.50 bits per heavy atom. The van der Waals surface area contributed by atoms with Gasteiger partial charge in [0.2, 0.25) is 11.8 Å². The molecule has 0 saturated carbocycles. The number of para-hydroxylation sites is 1. The molecule has 0 radical (unpaired) electrons. The quantitative estimate of drug-likeness (QED) is 0.811. The molecule has 0 aliphatic heterocycles. The second kappa shape index (κ2) is 8.72. The molecule has 0 atom stereocenters. The van der Waals surface area contributed by atoms with Crippen LogP contribution in [0.15, 0.2) is 42.5 Å². The van der Waals surface area contributed by atoms with Crippen LogP contribution in [0.3, 0.4) is 0 Å². The Bertz CT molecular complexity index is 805. The maximum Gasteiger partial charge on any atom is 0.244 e. The van der Waals surface area contributed by atoms with E-state index < -0.39 is 0 Å². The molecule has 0 saturated heterocycles. The number of halogens is 1. The second-order valence-corrected chi connectivity index (χ2v) is 6.65. The largest absolute Gasteiger partial charge is 0.495 e. The maximum atomic E-state index is 12.6. The van der Waals surface area contributed by atoms with Crippen molar-refractivity contribution < 1.29 is 14.3 Å². The fraction of sp³-hybridized carbons (Fsp3) is 0.300. The molecule has 0 aliphatic carbocycles. The third kappa shape index (κ3) is 4.76. The van der Waals surface area contributed by atoms with Gasteiger partial charge in [-0.25, -0.2) is 0 Å². The summed E-state index contributed by atoms with van der Waals surface area (Å²) in [7, 11) is 1.51. The predicted molar refractivity (Wildman–Crippen MR) is 105 cm³/mol. The van der Waals surface area contributed by atoms with Crippen LogP contribution in [-0.4, -0.2) is 25.5 Å². The van der Waals surface area contributed by atoms with Crippen LogP contribution in [0, 0.1) is 0 Å². The molecule has 1 N–H and O–H groups in total. The van der Waals surface area contributed by atoms with E-state index in [9.17, 15) is 9.59 Å². The van der Waals surface area contributed by atoms with Crippen molar-refractivity contribution >= 4 is 34.8 Å². The van der Waals surface area contributed by atoms with E-state index in [0.29, 0.717) is 16.5 Å². The fourth-order valence-electron chi connectivity index (χ4n) is 2.70. The first kappa shape index (κ1) is 19.8. The topological polar surface area (TPSA) is 58.6 Å². The Morgan fingerprint density at radius 2 is 1.88 bits per heavy atom. The normalized spacial score (nSPS) is 10.5. The van der Waals surface area contributed by atoms with Crippen molar-refractivity contribution in [2.45, 2.75) is 26.7 Å². The number of nitrogens with zero attached hydrogens (tertiary/aromatic N) is 1. The van der Waals surface area contributed by atoms with Crippen molar-refractivity contribution in [3.8, 4) is 5.75 Å². The third-order valence-electron chi connectivity index (χ3n) is 3.97. The number of carbonyl (C=O) groups is 2. The van der Waals surface area contributed by atoms with Crippen LogP contribution in [0.4, 0.5) is 11.4 Å². The van der Waals surface area contributed by atoms with Crippen molar-refractivity contribution in [3.05, 3.63) is 53.1 Å². The fourth-order valence-corrected chi connectivity index (χ4v) is 2.87. The number of ether oxygens (including phenoxy) is 1. The van der Waals surface area contributed by atoms with Gasteiger partial charge in [0, 0.05) is 17.6 Å². The molecule has 5 nitrogen and oxygen atoms in total. The first-order chi connectivity index (χ1) is 12.3. The lowest BCUT2D eigenvalue weighted by Gasteiger charge is -2.25. The number of hydrogen-bond acceptors (Lipinski definition) is 3. The number of methoxy groups -OCH3 is 1. The summed E-state index contributed by atoms with van der Waals surface area (Å²) in [6, 6.07) is 12.6. The van der Waals surface area contributed by atoms with E-state index >= 15 is 0 Å². The predicted octanol–water partition coefficient (Wildman–Crippen LogP) is 4.46. The summed E-state index contributed by atoms with van der Waals surface area (Å²) in [4.78, 5) is 26.2. The number of anilines is 2. The van der Waals surface area contributed by atoms with Crippen LogP contribution < -0.4 is 15.0 Å². The molecule has 26 heavy (non-hydrogen) atoms. The minimum Gasteiger partial charge on any atom is -0.495 e. The van der Waals surface area contributed by atoms with Gasteiger partial charge in [0.25, 0.3) is 0 Å². The summed E-state index contributed by atoms with van der Waals surface area (Å²) < 4.78 is 5.23. The molecule has 2 aromatic carbocycles. The molecule has 138 valence electrons. The van der Waals surface area contributed by atoms with Crippen molar-refractivity contribution in [1.29, 1.82) is 0 Å². The van der Waals surface area contributed by atoms with Gasteiger partial charge < -0.3 is 15.0 Å². The summed E-state index contributed by atoms with van der Waals surface area (Å²) in [5.41, 5.74) is 2.21. The van der Waals surface area contributed by atoms with Gasteiger partial charge in [-0.15, -0.1) is 0 Å². The number of nitrogens with one attached hydrogen (secondary N) is 1. The van der Waals surface area contributed by atoms with Crippen molar-refractivity contribution in [1.82, 2.24) is 0 Å². The van der Waals surface area contributed by atoms with Crippen LogP contribution in [0.1, 0.15) is 32.3 Å². The highest BCUT2D eigenvalue weighted by molar-refractivity contribution is 6.31. The summed E-state index contributed by atoms with van der Waals surface area (Å²) in [6.07, 6.45) is 0. The number of amides is 2. The molecule has 0 heterocycles. The zero-order valence-corrected chi connectivity index (χ0v) is 16.1. The van der Waals surface area contributed by atoms with Gasteiger partial charge in [-0.2, -0.15) is 0 Å². The summed E-state index contributed by atoms with van der Waals surface area (Å²) >= 11 is 5.99. The van der Waals surface area contributed by atoms with Crippen molar-refractivity contribution in [2.24, 2.45) is 0 Å². The summed E-state index contributed by atoms with van der Waals surface area (Å²) in [5, 5.41) is 3.24. The SMILES string of the molecule is COc1ccc(Cl)cc1NC(=O)CN(C(C)=O)c1ccccc1C(C)C. The minimum atomic E-state index is -0.334. The lowest BCUT2D eigenvalue weighted by atomic mass is 10.0. The molecule has 6 heteroatoms. The van der Waals surface area contributed by atoms with E-state index in [0.717, 1.165) is 11.3 Å². The van der Waals surface area contributed by atoms with Gasteiger partial charge in [-0.3, -0.25) is 9.59 Å². The Labute approximate surface area is 158 Å². The van der Waals surface area contributed by atoms with E-state index in [1.807, 2.05) is 38.1 Å². The van der Waals surface area contributed by atoms with Gasteiger partial charge in [0.1, 0.15) is 12.3 Å². The summed E-state index contributed by atoms with van der Waals surface area (Å²) in [5.74, 6) is 0.189. The van der Waals surface area contributed by atoms with Crippen LogP contribution >= 0.6 is 11.6 Å². The van der Waals surface area contributed by atoms with E-state index in [1.54, 1.807) is 18.2 Å². The van der Waals surface area contributed by atoms with E-state index in [1.165, 1.54) is 18.9 Å². The molecule has 0 bridgehead atoms. The van der Waals surface area contributed by atoms with E-state index in [2.05, 4.69) is 5.32 Å². The van der Waals surface area contributed by atoms with Crippen LogP contribution in [0.25, 0.3) is 0 Å². The molecule has 0 unspecified atom stereocenters. The average Bonchev–Trinajstić information content (AvgIpc) is 2.59. The minimum absolute atomic E-state index is 0.102. The Kier molecular flexibility index (Phi) is 6.64. The molecule has 2 rings (SSSR count). The first-order valence-electron chi connectivity index (χ1n) is 8.34. The monoisotopic (exact) mass is 374 g/mol. The number of benzene rings is 2. The standard InChI is InChI=1S/C20H23ClN2O3/c1-13(2)16-7-5-6-8-18(16)23(14(3)24)12-20(25)22-17-11-15(21)9-10-19(17)26-4/h5-11,13H,12H2,1-4H3,(H,22,25). The lowest BCUT2D eigenvalue weighted by molar-refractivity contribution is -0.120. The number of carbonyl (C=O) groups excluding carboxylic acids is 2. The number of rotatable bonds is 6. The van der Waals surface area contributed by atoms with Gasteiger partial charge in [-0.05, 0) is 35.7 Å². The molecule has 0 fully saturated rings. The van der Waals surface area contributed by atoms with Gasteiger partial charge in [0.15, 0.2) is 0 Å². The maximum absolute atomic E-state index is 12.6. The first-order valence-corrected chi connectivity index (χ1v) is 8.71. The molecular formula is C20H23ClN2O3. The van der Waals surface area contributed by atoms with Gasteiger partial charge >= 0.3 is 0 Å². The molecule has 2 amide bonds. The van der Waals surface area contributed by atoms with Crippen LogP contribution in [0.5, 0.6) is 5.75 Å². The number of hydrogen-bond donors (Lipinski definition) is 1. The Morgan fingerprint density at radius 1 is 1.19 bits per heavy atom. The van der Waals surface area contributed by atoms with Crippen LogP contribution in [-0.2, 0) is 9.59 Å². The highest BCUT2D eigenvalue weighted by Crippen LogP contribution is 2.29. The smallest absolute Gasteiger partial charge is 0.244 e.